The van der Waals surface area contributed by atoms with Gasteiger partial charge >= 0.3 is 0 Å². The summed E-state index contributed by atoms with van der Waals surface area (Å²) in [6.45, 7) is 0. The molecule has 7 heteroatoms. The zero-order valence-corrected chi connectivity index (χ0v) is 12.2. The van der Waals surface area contributed by atoms with Gasteiger partial charge in [-0.05, 0) is 17.5 Å². The molecule has 0 fully saturated rings. The van der Waals surface area contributed by atoms with Crippen LogP contribution in [-0.2, 0) is 0 Å². The van der Waals surface area contributed by atoms with Gasteiger partial charge in [0.05, 0.1) is 30.6 Å². The smallest absolute Gasteiger partial charge is 0.247 e. The van der Waals surface area contributed by atoms with Gasteiger partial charge in [0, 0.05) is 11.8 Å². The Labute approximate surface area is 124 Å². The van der Waals surface area contributed by atoms with Crippen molar-refractivity contribution < 1.29 is 14.3 Å². The molecule has 3 aromatic heterocycles. The predicted octanol–water partition coefficient (Wildman–Crippen LogP) is 2.33. The number of aromatic nitrogens is 3. The first-order valence-corrected chi connectivity index (χ1v) is 6.94. The number of pyridine rings is 1. The average molecular weight is 301 g/mol. The minimum atomic E-state index is -0.287. The van der Waals surface area contributed by atoms with Gasteiger partial charge in [0.1, 0.15) is 0 Å². The molecule has 0 aromatic carbocycles. The van der Waals surface area contributed by atoms with E-state index in [1.54, 1.807) is 6.07 Å². The maximum atomic E-state index is 12.5. The van der Waals surface area contributed by atoms with Crippen LogP contribution in [0.5, 0.6) is 11.8 Å². The fourth-order valence-corrected chi connectivity index (χ4v) is 2.64. The van der Waals surface area contributed by atoms with E-state index < -0.39 is 0 Å². The van der Waals surface area contributed by atoms with Crippen LogP contribution in [0.2, 0.25) is 0 Å². The van der Waals surface area contributed by atoms with Gasteiger partial charge in [-0.1, -0.05) is 0 Å². The third kappa shape index (κ3) is 2.43. The van der Waals surface area contributed by atoms with Gasteiger partial charge in [-0.2, -0.15) is 4.98 Å². The van der Waals surface area contributed by atoms with Crippen molar-refractivity contribution >= 4 is 27.3 Å². The molecule has 3 rings (SSSR count). The summed E-state index contributed by atoms with van der Waals surface area (Å²) in [6, 6.07) is 3.70. The number of nitrogens with zero attached hydrogens (tertiary/aromatic N) is 3. The highest BCUT2D eigenvalue weighted by Gasteiger charge is 2.19. The highest BCUT2D eigenvalue weighted by atomic mass is 32.1. The van der Waals surface area contributed by atoms with E-state index in [-0.39, 0.29) is 23.2 Å². The van der Waals surface area contributed by atoms with E-state index in [4.69, 9.17) is 9.47 Å². The van der Waals surface area contributed by atoms with Crippen molar-refractivity contribution in [1.82, 2.24) is 15.0 Å². The van der Waals surface area contributed by atoms with E-state index in [9.17, 15) is 4.79 Å². The molecule has 6 nitrogen and oxygen atoms in total. The lowest BCUT2D eigenvalue weighted by molar-refractivity contribution is 0.103. The number of methoxy groups -OCH3 is 2. The standard InChI is InChI=1S/C14H11N3O3S/c1-19-11-7-16-12(14(17-11)20-2)13(18)8-5-10-9(15-6-8)3-4-21-10/h3-7H,1-2H3. The maximum absolute atomic E-state index is 12.5. The second kappa shape index (κ2) is 5.45. The summed E-state index contributed by atoms with van der Waals surface area (Å²) in [5, 5.41) is 1.93. The Balaban J connectivity index is 2.04. The molecule has 0 aliphatic heterocycles. The largest absolute Gasteiger partial charge is 0.480 e. The van der Waals surface area contributed by atoms with Crippen LogP contribution < -0.4 is 9.47 Å². The maximum Gasteiger partial charge on any atom is 0.247 e. The number of hydrogen-bond acceptors (Lipinski definition) is 7. The molecule has 0 N–H and O–H groups in total. The van der Waals surface area contributed by atoms with Crippen molar-refractivity contribution in [2.45, 2.75) is 0 Å². The monoisotopic (exact) mass is 301 g/mol. The topological polar surface area (TPSA) is 74.2 Å². The highest BCUT2D eigenvalue weighted by molar-refractivity contribution is 7.17. The molecule has 3 aromatic rings. The Morgan fingerprint density at radius 3 is 2.81 bits per heavy atom. The molecule has 0 saturated carbocycles. The lowest BCUT2D eigenvalue weighted by Crippen LogP contribution is -2.09. The van der Waals surface area contributed by atoms with Crippen LogP contribution in [0.25, 0.3) is 10.2 Å². The second-order valence-electron chi connectivity index (χ2n) is 4.13. The SMILES string of the molecule is COc1cnc(C(=O)c2cnc3ccsc3c2)c(OC)n1. The quantitative estimate of drug-likeness (QED) is 0.689. The molecule has 0 unspecified atom stereocenters. The Bertz CT molecular complexity index is 816. The lowest BCUT2D eigenvalue weighted by atomic mass is 10.1. The number of fused-ring (bicyclic) bond motifs is 1. The molecule has 0 amide bonds. The minimum Gasteiger partial charge on any atom is -0.480 e. The van der Waals surface area contributed by atoms with E-state index >= 15 is 0 Å². The molecule has 21 heavy (non-hydrogen) atoms. The molecular weight excluding hydrogens is 290 g/mol. The summed E-state index contributed by atoms with van der Waals surface area (Å²) in [5.74, 6) is 0.130. The number of ketones is 1. The van der Waals surface area contributed by atoms with Gasteiger partial charge in [0.2, 0.25) is 17.5 Å². The van der Waals surface area contributed by atoms with E-state index in [0.717, 1.165) is 10.2 Å². The Morgan fingerprint density at radius 1 is 1.19 bits per heavy atom. The number of hydrogen-bond donors (Lipinski definition) is 0. The Kier molecular flexibility index (Phi) is 3.49. The third-order valence-electron chi connectivity index (χ3n) is 2.90. The number of carbonyl (C=O) groups excluding carboxylic acids is 1. The van der Waals surface area contributed by atoms with Crippen LogP contribution in [0.1, 0.15) is 16.1 Å². The van der Waals surface area contributed by atoms with Gasteiger partial charge < -0.3 is 9.47 Å². The average Bonchev–Trinajstić information content (AvgIpc) is 3.01. The summed E-state index contributed by atoms with van der Waals surface area (Å²) in [4.78, 5) is 24.9. The summed E-state index contributed by atoms with van der Waals surface area (Å²) >= 11 is 1.53. The zero-order chi connectivity index (χ0) is 14.8. The molecule has 0 aliphatic carbocycles. The van der Waals surface area contributed by atoms with Gasteiger partial charge in [-0.15, -0.1) is 11.3 Å². The molecule has 0 aliphatic rings. The van der Waals surface area contributed by atoms with Crippen LogP contribution in [0.4, 0.5) is 0 Å². The van der Waals surface area contributed by atoms with Crippen molar-refractivity contribution in [3.63, 3.8) is 0 Å². The molecule has 0 bridgehead atoms. The van der Waals surface area contributed by atoms with Gasteiger partial charge in [0.15, 0.2) is 5.69 Å². The molecule has 0 saturated heterocycles. The summed E-state index contributed by atoms with van der Waals surface area (Å²) in [6.07, 6.45) is 2.91. The second-order valence-corrected chi connectivity index (χ2v) is 5.08. The third-order valence-corrected chi connectivity index (χ3v) is 3.75. The van der Waals surface area contributed by atoms with Crippen molar-refractivity contribution in [2.24, 2.45) is 0 Å². The van der Waals surface area contributed by atoms with Crippen molar-refractivity contribution in [1.29, 1.82) is 0 Å². The minimum absolute atomic E-state index is 0.130. The molecule has 0 atom stereocenters. The van der Waals surface area contributed by atoms with E-state index in [2.05, 4.69) is 15.0 Å². The van der Waals surface area contributed by atoms with Crippen LogP contribution in [-0.4, -0.2) is 35.0 Å². The molecule has 0 spiro atoms. The van der Waals surface area contributed by atoms with Crippen LogP contribution >= 0.6 is 11.3 Å². The zero-order valence-electron chi connectivity index (χ0n) is 11.4. The number of carbonyl (C=O) groups is 1. The molecule has 3 heterocycles. The fourth-order valence-electron chi connectivity index (χ4n) is 1.86. The highest BCUT2D eigenvalue weighted by Crippen LogP contribution is 2.23. The van der Waals surface area contributed by atoms with Gasteiger partial charge in [-0.25, -0.2) is 4.98 Å². The lowest BCUT2D eigenvalue weighted by Gasteiger charge is -2.07. The molecule has 106 valence electrons. The Morgan fingerprint density at radius 2 is 2.05 bits per heavy atom. The summed E-state index contributed by atoms with van der Waals surface area (Å²) in [7, 11) is 2.90. The number of rotatable bonds is 4. The molecule has 0 radical (unpaired) electrons. The summed E-state index contributed by atoms with van der Waals surface area (Å²) < 4.78 is 11.0. The first kappa shape index (κ1) is 13.4. The van der Waals surface area contributed by atoms with Crippen molar-refractivity contribution in [3.8, 4) is 11.8 Å². The van der Waals surface area contributed by atoms with E-state index in [1.807, 2.05) is 11.4 Å². The van der Waals surface area contributed by atoms with Gasteiger partial charge in [0.25, 0.3) is 0 Å². The van der Waals surface area contributed by atoms with Crippen LogP contribution in [0, 0.1) is 0 Å². The van der Waals surface area contributed by atoms with E-state index in [0.29, 0.717) is 5.56 Å². The first-order valence-electron chi connectivity index (χ1n) is 6.06. The number of thiophene rings is 1. The van der Waals surface area contributed by atoms with E-state index in [1.165, 1.54) is 38.0 Å². The first-order chi connectivity index (χ1) is 10.2. The van der Waals surface area contributed by atoms with Crippen molar-refractivity contribution in [3.05, 3.63) is 41.2 Å². The summed E-state index contributed by atoms with van der Waals surface area (Å²) in [5.41, 5.74) is 1.45. The van der Waals surface area contributed by atoms with Gasteiger partial charge in [-0.3, -0.25) is 9.78 Å². The Hall–Kier alpha value is -2.54. The fraction of sp³-hybridized carbons (Fsp3) is 0.143. The normalized spacial score (nSPS) is 10.6. The van der Waals surface area contributed by atoms with Crippen LogP contribution in [0.3, 0.4) is 0 Å². The van der Waals surface area contributed by atoms with Crippen molar-refractivity contribution in [2.75, 3.05) is 14.2 Å². The van der Waals surface area contributed by atoms with Crippen LogP contribution in [0.15, 0.2) is 29.9 Å². The molecular formula is C14H11N3O3S. The number of ether oxygens (including phenoxy) is 2. The predicted molar refractivity (Wildman–Crippen MR) is 78.2 cm³/mol.